The van der Waals surface area contributed by atoms with Crippen LogP contribution in [0.1, 0.15) is 10.4 Å². The molecule has 1 saturated heterocycles. The summed E-state index contributed by atoms with van der Waals surface area (Å²) in [5, 5.41) is 6.44. The summed E-state index contributed by atoms with van der Waals surface area (Å²) in [5.74, 6) is 1.41. The van der Waals surface area contributed by atoms with Crippen molar-refractivity contribution in [3.63, 3.8) is 0 Å². The van der Waals surface area contributed by atoms with E-state index in [1.54, 1.807) is 0 Å². The van der Waals surface area contributed by atoms with Crippen molar-refractivity contribution in [1.82, 2.24) is 10.6 Å². The van der Waals surface area contributed by atoms with E-state index < -0.39 is 0 Å². The Morgan fingerprint density at radius 3 is 2.71 bits per heavy atom. The maximum absolute atomic E-state index is 11.9. The molecule has 1 aliphatic heterocycles. The lowest BCUT2D eigenvalue weighted by molar-refractivity contribution is 0.0946. The fourth-order valence-corrected chi connectivity index (χ4v) is 3.04. The molecule has 92 valence electrons. The number of carbonyl (C=O) groups is 1. The molecule has 2 N–H and O–H groups in total. The van der Waals surface area contributed by atoms with Crippen LogP contribution >= 0.6 is 35.0 Å². The highest BCUT2D eigenvalue weighted by molar-refractivity contribution is 14.1. The molecule has 3 rings (SSSR count). The number of hydrogen-bond donors (Lipinski definition) is 2. The highest BCUT2D eigenvalue weighted by Crippen LogP contribution is 2.41. The summed E-state index contributed by atoms with van der Waals surface area (Å²) in [4.78, 5) is 11.9. The van der Waals surface area contributed by atoms with Gasteiger partial charge >= 0.3 is 0 Å². The van der Waals surface area contributed by atoms with E-state index in [0.717, 1.165) is 22.2 Å². The van der Waals surface area contributed by atoms with Gasteiger partial charge in [0.1, 0.15) is 0 Å². The largest absolute Gasteiger partial charge is 0.349 e. The zero-order valence-corrected chi connectivity index (χ0v) is 12.1. The molecule has 2 fully saturated rings. The number of fused-ring (bicyclic) bond motifs is 1. The molecule has 1 amide bonds. The van der Waals surface area contributed by atoms with Gasteiger partial charge in [0.15, 0.2) is 0 Å². The number of halogens is 2. The SMILES string of the molecule is Cl.O=C(NC1C2CNCC21)c1cccc(I)c1. The van der Waals surface area contributed by atoms with E-state index in [0.29, 0.717) is 17.9 Å². The van der Waals surface area contributed by atoms with Gasteiger partial charge in [0.05, 0.1) is 0 Å². The summed E-state index contributed by atoms with van der Waals surface area (Å²) in [5.41, 5.74) is 0.768. The Hall–Kier alpha value is -0.330. The minimum Gasteiger partial charge on any atom is -0.349 e. The quantitative estimate of drug-likeness (QED) is 0.784. The van der Waals surface area contributed by atoms with Crippen LogP contribution in [-0.2, 0) is 0 Å². The van der Waals surface area contributed by atoms with Gasteiger partial charge in [-0.2, -0.15) is 0 Å². The van der Waals surface area contributed by atoms with Crippen LogP contribution in [0.15, 0.2) is 24.3 Å². The molecular formula is C12H14ClIN2O. The van der Waals surface area contributed by atoms with Crippen LogP contribution in [0, 0.1) is 15.4 Å². The number of rotatable bonds is 2. The monoisotopic (exact) mass is 364 g/mol. The number of benzene rings is 1. The second-order valence-electron chi connectivity index (χ2n) is 4.50. The van der Waals surface area contributed by atoms with Gasteiger partial charge in [-0.3, -0.25) is 4.79 Å². The smallest absolute Gasteiger partial charge is 0.251 e. The molecule has 1 aromatic carbocycles. The van der Waals surface area contributed by atoms with Gasteiger partial charge in [0.25, 0.3) is 5.91 Å². The molecule has 1 saturated carbocycles. The van der Waals surface area contributed by atoms with Crippen LogP contribution < -0.4 is 10.6 Å². The van der Waals surface area contributed by atoms with Crippen LogP contribution in [0.25, 0.3) is 0 Å². The third kappa shape index (κ3) is 2.58. The fourth-order valence-electron chi connectivity index (χ4n) is 2.50. The van der Waals surface area contributed by atoms with Crippen molar-refractivity contribution in [1.29, 1.82) is 0 Å². The topological polar surface area (TPSA) is 41.1 Å². The molecule has 2 aliphatic rings. The Morgan fingerprint density at radius 1 is 1.35 bits per heavy atom. The molecule has 2 unspecified atom stereocenters. The number of piperidine rings is 1. The third-order valence-corrected chi connectivity index (χ3v) is 4.15. The van der Waals surface area contributed by atoms with E-state index >= 15 is 0 Å². The van der Waals surface area contributed by atoms with Crippen molar-refractivity contribution in [3.8, 4) is 0 Å². The molecule has 1 aromatic rings. The van der Waals surface area contributed by atoms with Gasteiger partial charge in [0, 0.05) is 28.3 Å². The van der Waals surface area contributed by atoms with E-state index in [4.69, 9.17) is 0 Å². The van der Waals surface area contributed by atoms with Crippen molar-refractivity contribution in [2.45, 2.75) is 6.04 Å². The van der Waals surface area contributed by atoms with E-state index in [9.17, 15) is 4.79 Å². The Morgan fingerprint density at radius 2 is 2.06 bits per heavy atom. The lowest BCUT2D eigenvalue weighted by atomic mass is 10.2. The number of carbonyl (C=O) groups excluding carboxylic acids is 1. The molecule has 0 spiro atoms. The molecule has 0 aromatic heterocycles. The Bertz CT molecular complexity index is 430. The minimum atomic E-state index is 0. The molecule has 3 nitrogen and oxygen atoms in total. The first-order chi connectivity index (χ1) is 7.75. The van der Waals surface area contributed by atoms with Crippen molar-refractivity contribution in [2.75, 3.05) is 13.1 Å². The van der Waals surface area contributed by atoms with E-state index in [1.165, 1.54) is 0 Å². The average molecular weight is 365 g/mol. The Labute approximate surface area is 120 Å². The predicted octanol–water partition coefficient (Wildman–Crippen LogP) is 1.66. The van der Waals surface area contributed by atoms with Crippen molar-refractivity contribution >= 4 is 40.9 Å². The summed E-state index contributed by atoms with van der Waals surface area (Å²) in [6, 6.07) is 8.12. The molecule has 1 aliphatic carbocycles. The van der Waals surface area contributed by atoms with Crippen molar-refractivity contribution in [3.05, 3.63) is 33.4 Å². The van der Waals surface area contributed by atoms with E-state index in [1.807, 2.05) is 24.3 Å². The lowest BCUT2D eigenvalue weighted by Gasteiger charge is -2.07. The van der Waals surface area contributed by atoms with Crippen LogP contribution in [0.2, 0.25) is 0 Å². The summed E-state index contributed by atoms with van der Waals surface area (Å²) >= 11 is 2.22. The number of amides is 1. The number of hydrogen-bond acceptors (Lipinski definition) is 2. The van der Waals surface area contributed by atoms with Crippen molar-refractivity contribution in [2.24, 2.45) is 11.8 Å². The molecule has 0 bridgehead atoms. The van der Waals surface area contributed by atoms with Gasteiger partial charge < -0.3 is 10.6 Å². The van der Waals surface area contributed by atoms with Gasteiger partial charge in [-0.1, -0.05) is 6.07 Å². The maximum Gasteiger partial charge on any atom is 0.251 e. The normalized spacial score (nSPS) is 29.1. The van der Waals surface area contributed by atoms with E-state index in [2.05, 4.69) is 33.2 Å². The zero-order valence-electron chi connectivity index (χ0n) is 9.15. The lowest BCUT2D eigenvalue weighted by Crippen LogP contribution is -2.32. The van der Waals surface area contributed by atoms with Crippen LogP contribution in [0.5, 0.6) is 0 Å². The highest BCUT2D eigenvalue weighted by Gasteiger charge is 2.53. The molecule has 17 heavy (non-hydrogen) atoms. The first-order valence-electron chi connectivity index (χ1n) is 5.53. The van der Waals surface area contributed by atoms with Gasteiger partial charge in [-0.25, -0.2) is 0 Å². The molecule has 1 heterocycles. The number of nitrogens with one attached hydrogen (secondary N) is 2. The Balaban J connectivity index is 0.00000108. The standard InChI is InChI=1S/C12H13IN2O.ClH/c13-8-3-1-2-7(4-8)12(16)15-11-9-5-14-6-10(9)11;/h1-4,9-11,14H,5-6H2,(H,15,16);1H. The van der Waals surface area contributed by atoms with Gasteiger partial charge in [-0.15, -0.1) is 12.4 Å². The molecule has 2 atom stereocenters. The van der Waals surface area contributed by atoms with Crippen molar-refractivity contribution < 1.29 is 4.79 Å². The maximum atomic E-state index is 11.9. The first kappa shape index (κ1) is 13.1. The summed E-state index contributed by atoms with van der Waals surface area (Å²) in [6.07, 6.45) is 0. The minimum absolute atomic E-state index is 0. The summed E-state index contributed by atoms with van der Waals surface area (Å²) in [6.45, 7) is 2.11. The average Bonchev–Trinajstić information content (AvgIpc) is 2.74. The molecule has 0 radical (unpaired) electrons. The third-order valence-electron chi connectivity index (χ3n) is 3.48. The zero-order chi connectivity index (χ0) is 11.1. The van der Waals surface area contributed by atoms with Gasteiger partial charge in [0.2, 0.25) is 0 Å². The molecular weight excluding hydrogens is 351 g/mol. The van der Waals surface area contributed by atoms with Gasteiger partial charge in [-0.05, 0) is 52.6 Å². The molecule has 5 heteroatoms. The fraction of sp³-hybridized carbons (Fsp3) is 0.417. The second-order valence-corrected chi connectivity index (χ2v) is 5.74. The summed E-state index contributed by atoms with van der Waals surface area (Å²) < 4.78 is 1.10. The Kier molecular flexibility index (Phi) is 3.95. The van der Waals surface area contributed by atoms with Crippen LogP contribution in [-0.4, -0.2) is 25.0 Å². The van der Waals surface area contributed by atoms with E-state index in [-0.39, 0.29) is 18.3 Å². The second kappa shape index (κ2) is 5.12. The van der Waals surface area contributed by atoms with Crippen LogP contribution in [0.4, 0.5) is 0 Å². The highest BCUT2D eigenvalue weighted by atomic mass is 127. The van der Waals surface area contributed by atoms with Crippen LogP contribution in [0.3, 0.4) is 0 Å². The summed E-state index contributed by atoms with van der Waals surface area (Å²) in [7, 11) is 0. The predicted molar refractivity (Wildman–Crippen MR) is 77.5 cm³/mol. The first-order valence-corrected chi connectivity index (χ1v) is 6.61.